The standard InChI is InChI=1S/C22H21N5O2/c1-14-19(9-10-21(14)28)24-18-4-2-3-17(11-18)20-13-27(26-25-20)12-15-5-7-16(8-6-15)22(23)29/h2-8,11,13,24H,9-10,12H2,1H3,(H2,23,29). The van der Waals surface area contributed by atoms with E-state index in [0.29, 0.717) is 18.5 Å². The number of primary amides is 1. The minimum absolute atomic E-state index is 0.204. The number of amides is 1. The molecule has 0 radical (unpaired) electrons. The van der Waals surface area contributed by atoms with Crippen LogP contribution in [0.2, 0.25) is 0 Å². The number of ketones is 1. The van der Waals surface area contributed by atoms with Crippen molar-refractivity contribution in [1.82, 2.24) is 15.0 Å². The average molecular weight is 387 g/mol. The van der Waals surface area contributed by atoms with E-state index in [0.717, 1.165) is 40.2 Å². The molecule has 0 spiro atoms. The number of allylic oxidation sites excluding steroid dienone is 2. The van der Waals surface area contributed by atoms with E-state index in [1.807, 2.05) is 49.5 Å². The molecule has 0 fully saturated rings. The lowest BCUT2D eigenvalue weighted by molar-refractivity contribution is -0.114. The Morgan fingerprint density at radius 3 is 2.66 bits per heavy atom. The summed E-state index contributed by atoms with van der Waals surface area (Å²) in [6.07, 6.45) is 3.20. The number of nitrogens with zero attached hydrogens (tertiary/aromatic N) is 3. The molecule has 3 N–H and O–H groups in total. The van der Waals surface area contributed by atoms with Crippen LogP contribution in [0.4, 0.5) is 5.69 Å². The highest BCUT2D eigenvalue weighted by molar-refractivity contribution is 5.98. The molecule has 1 heterocycles. The Hall–Kier alpha value is -3.74. The summed E-state index contributed by atoms with van der Waals surface area (Å²) >= 11 is 0. The fourth-order valence-corrected chi connectivity index (χ4v) is 3.34. The second kappa shape index (κ2) is 7.71. The molecule has 0 atom stereocenters. The normalized spacial score (nSPS) is 13.8. The van der Waals surface area contributed by atoms with Gasteiger partial charge in [0.05, 0.1) is 12.7 Å². The minimum Gasteiger partial charge on any atom is -0.366 e. The van der Waals surface area contributed by atoms with Crippen molar-refractivity contribution in [2.24, 2.45) is 5.73 Å². The van der Waals surface area contributed by atoms with Crippen LogP contribution in [0.15, 0.2) is 66.0 Å². The molecule has 0 saturated carbocycles. The Kier molecular flexibility index (Phi) is 4.95. The van der Waals surface area contributed by atoms with Gasteiger partial charge < -0.3 is 11.1 Å². The first-order chi connectivity index (χ1) is 14.0. The van der Waals surface area contributed by atoms with Crippen LogP contribution in [-0.2, 0) is 11.3 Å². The van der Waals surface area contributed by atoms with Crippen LogP contribution in [0.5, 0.6) is 0 Å². The van der Waals surface area contributed by atoms with Crippen molar-refractivity contribution in [2.45, 2.75) is 26.3 Å². The van der Waals surface area contributed by atoms with Crippen LogP contribution >= 0.6 is 0 Å². The zero-order valence-corrected chi connectivity index (χ0v) is 16.1. The van der Waals surface area contributed by atoms with Gasteiger partial charge in [-0.15, -0.1) is 5.10 Å². The number of carbonyl (C=O) groups is 2. The molecule has 7 heteroatoms. The number of hydrogen-bond donors (Lipinski definition) is 2. The molecule has 7 nitrogen and oxygen atoms in total. The number of aromatic nitrogens is 3. The van der Waals surface area contributed by atoms with Gasteiger partial charge in [-0.1, -0.05) is 29.5 Å². The molecule has 0 saturated heterocycles. The Balaban J connectivity index is 1.49. The zero-order valence-electron chi connectivity index (χ0n) is 16.1. The van der Waals surface area contributed by atoms with E-state index in [4.69, 9.17) is 5.73 Å². The molecule has 0 unspecified atom stereocenters. The van der Waals surface area contributed by atoms with Crippen LogP contribution in [0.3, 0.4) is 0 Å². The maximum Gasteiger partial charge on any atom is 0.248 e. The van der Waals surface area contributed by atoms with Crippen molar-refractivity contribution < 1.29 is 9.59 Å². The third kappa shape index (κ3) is 4.08. The monoisotopic (exact) mass is 387 g/mol. The van der Waals surface area contributed by atoms with Gasteiger partial charge in [0.25, 0.3) is 0 Å². The van der Waals surface area contributed by atoms with Gasteiger partial charge in [-0.2, -0.15) is 0 Å². The largest absolute Gasteiger partial charge is 0.366 e. The molecule has 146 valence electrons. The molecular formula is C22H21N5O2. The molecule has 0 bridgehead atoms. The lowest BCUT2D eigenvalue weighted by atomic mass is 10.1. The summed E-state index contributed by atoms with van der Waals surface area (Å²) in [4.78, 5) is 22.9. The van der Waals surface area contributed by atoms with E-state index in [9.17, 15) is 9.59 Å². The topological polar surface area (TPSA) is 103 Å². The number of rotatable bonds is 6. The number of carbonyl (C=O) groups excluding carboxylic acids is 2. The number of nitrogens with one attached hydrogen (secondary N) is 1. The first kappa shape index (κ1) is 18.6. The third-order valence-electron chi connectivity index (χ3n) is 5.05. The summed E-state index contributed by atoms with van der Waals surface area (Å²) in [5.74, 6) is -0.239. The maximum atomic E-state index is 11.7. The van der Waals surface area contributed by atoms with Crippen molar-refractivity contribution >= 4 is 17.4 Å². The Morgan fingerprint density at radius 1 is 1.17 bits per heavy atom. The predicted octanol–water partition coefficient (Wildman–Crippen LogP) is 3.14. The molecule has 1 aromatic heterocycles. The molecule has 1 amide bonds. The molecule has 1 aliphatic rings. The van der Waals surface area contributed by atoms with Crippen LogP contribution in [0, 0.1) is 0 Å². The molecule has 2 aromatic carbocycles. The second-order valence-electron chi connectivity index (χ2n) is 7.10. The van der Waals surface area contributed by atoms with Crippen molar-refractivity contribution in [1.29, 1.82) is 0 Å². The summed E-state index contributed by atoms with van der Waals surface area (Å²) in [5.41, 5.74) is 11.2. The SMILES string of the molecule is CC1=C(Nc2cccc(-c3cn(Cc4ccc(C(N)=O)cc4)nn3)c2)CCC1=O. The first-order valence-corrected chi connectivity index (χ1v) is 9.39. The van der Waals surface area contributed by atoms with Gasteiger partial charge in [0, 0.05) is 34.5 Å². The highest BCUT2D eigenvalue weighted by Crippen LogP contribution is 2.26. The second-order valence-corrected chi connectivity index (χ2v) is 7.10. The van der Waals surface area contributed by atoms with Gasteiger partial charge in [-0.25, -0.2) is 4.68 Å². The number of nitrogens with two attached hydrogens (primary N) is 1. The summed E-state index contributed by atoms with van der Waals surface area (Å²) < 4.78 is 1.75. The minimum atomic E-state index is -0.444. The fraction of sp³-hybridized carbons (Fsp3) is 0.182. The Bertz CT molecular complexity index is 1110. The molecule has 29 heavy (non-hydrogen) atoms. The number of benzene rings is 2. The van der Waals surface area contributed by atoms with E-state index in [2.05, 4.69) is 15.6 Å². The maximum absolute atomic E-state index is 11.7. The van der Waals surface area contributed by atoms with Crippen molar-refractivity contribution in [3.8, 4) is 11.3 Å². The highest BCUT2D eigenvalue weighted by Gasteiger charge is 2.19. The Morgan fingerprint density at radius 2 is 1.97 bits per heavy atom. The van der Waals surface area contributed by atoms with Gasteiger partial charge >= 0.3 is 0 Å². The van der Waals surface area contributed by atoms with Gasteiger partial charge in [0.15, 0.2) is 5.78 Å². The van der Waals surface area contributed by atoms with E-state index in [-0.39, 0.29) is 5.78 Å². The van der Waals surface area contributed by atoms with E-state index >= 15 is 0 Å². The summed E-state index contributed by atoms with van der Waals surface area (Å²) in [7, 11) is 0. The number of Topliss-reactive ketones (excluding diaryl/α,β-unsaturated/α-hetero) is 1. The van der Waals surface area contributed by atoms with Crippen LogP contribution in [0.1, 0.15) is 35.7 Å². The summed E-state index contributed by atoms with van der Waals surface area (Å²) in [6.45, 7) is 2.40. The van der Waals surface area contributed by atoms with Gasteiger partial charge in [0.1, 0.15) is 5.69 Å². The average Bonchev–Trinajstić information content (AvgIpc) is 3.31. The lowest BCUT2D eigenvalue weighted by Gasteiger charge is -2.09. The molecule has 3 aromatic rings. The smallest absolute Gasteiger partial charge is 0.248 e. The lowest BCUT2D eigenvalue weighted by Crippen LogP contribution is -2.10. The first-order valence-electron chi connectivity index (χ1n) is 9.39. The van der Waals surface area contributed by atoms with Gasteiger partial charge in [0.2, 0.25) is 5.91 Å². The molecular weight excluding hydrogens is 366 g/mol. The summed E-state index contributed by atoms with van der Waals surface area (Å²) in [5, 5.41) is 11.8. The van der Waals surface area contributed by atoms with Gasteiger partial charge in [-0.3, -0.25) is 9.59 Å². The predicted molar refractivity (Wildman–Crippen MR) is 110 cm³/mol. The van der Waals surface area contributed by atoms with Crippen LogP contribution in [-0.4, -0.2) is 26.7 Å². The summed E-state index contributed by atoms with van der Waals surface area (Å²) in [6, 6.07) is 15.0. The van der Waals surface area contributed by atoms with Crippen molar-refractivity contribution in [2.75, 3.05) is 5.32 Å². The van der Waals surface area contributed by atoms with E-state index in [1.165, 1.54) is 0 Å². The van der Waals surface area contributed by atoms with E-state index < -0.39 is 5.91 Å². The van der Waals surface area contributed by atoms with Crippen molar-refractivity contribution in [3.63, 3.8) is 0 Å². The zero-order chi connectivity index (χ0) is 20.4. The van der Waals surface area contributed by atoms with Crippen LogP contribution < -0.4 is 11.1 Å². The fourth-order valence-electron chi connectivity index (χ4n) is 3.34. The van der Waals surface area contributed by atoms with E-state index in [1.54, 1.807) is 16.8 Å². The van der Waals surface area contributed by atoms with Gasteiger partial charge in [-0.05, 0) is 43.2 Å². The molecule has 1 aliphatic carbocycles. The highest BCUT2D eigenvalue weighted by atomic mass is 16.1. The third-order valence-corrected chi connectivity index (χ3v) is 5.05. The number of hydrogen-bond acceptors (Lipinski definition) is 5. The molecule has 4 rings (SSSR count). The molecule has 0 aliphatic heterocycles. The quantitative estimate of drug-likeness (QED) is 0.676. The Labute approximate surface area is 168 Å². The van der Waals surface area contributed by atoms with Crippen molar-refractivity contribution in [3.05, 3.63) is 77.1 Å². The van der Waals surface area contributed by atoms with Crippen LogP contribution in [0.25, 0.3) is 11.3 Å². The number of anilines is 1.